The number of H-pyrrole nitrogens is 1. The lowest BCUT2D eigenvalue weighted by Gasteiger charge is -2.12. The third-order valence-electron chi connectivity index (χ3n) is 4.19. The second-order valence-electron chi connectivity index (χ2n) is 5.66. The molecule has 23 heavy (non-hydrogen) atoms. The predicted molar refractivity (Wildman–Crippen MR) is 98.4 cm³/mol. The molecule has 5 heteroatoms. The first-order valence-electron chi connectivity index (χ1n) is 7.56. The summed E-state index contributed by atoms with van der Waals surface area (Å²) in [6.07, 6.45) is 1.08. The first-order valence-corrected chi connectivity index (χ1v) is 8.35. The summed E-state index contributed by atoms with van der Waals surface area (Å²) in [7, 11) is 0. The van der Waals surface area contributed by atoms with Crippen LogP contribution >= 0.6 is 23.8 Å². The van der Waals surface area contributed by atoms with Gasteiger partial charge in [-0.25, -0.2) is 0 Å². The van der Waals surface area contributed by atoms with E-state index >= 15 is 0 Å². The fourth-order valence-corrected chi connectivity index (χ4v) is 3.08. The Morgan fingerprint density at radius 3 is 2.57 bits per heavy atom. The molecule has 0 unspecified atom stereocenters. The highest BCUT2D eigenvalue weighted by atomic mass is 35.5. The van der Waals surface area contributed by atoms with E-state index in [0.717, 1.165) is 12.1 Å². The van der Waals surface area contributed by atoms with Crippen molar-refractivity contribution >= 4 is 34.7 Å². The van der Waals surface area contributed by atoms with E-state index in [1.165, 1.54) is 10.1 Å². The van der Waals surface area contributed by atoms with E-state index in [1.807, 2.05) is 24.3 Å². The van der Waals surface area contributed by atoms with Gasteiger partial charge in [0.2, 0.25) is 0 Å². The summed E-state index contributed by atoms with van der Waals surface area (Å²) in [5.41, 5.74) is 2.53. The van der Waals surface area contributed by atoms with E-state index in [2.05, 4.69) is 18.8 Å². The maximum Gasteiger partial charge on any atom is 0.266 e. The van der Waals surface area contributed by atoms with Crippen LogP contribution in [-0.2, 0) is 0 Å². The zero-order chi connectivity index (χ0) is 16.6. The molecule has 0 aliphatic carbocycles. The molecule has 0 bridgehead atoms. The number of rotatable bonds is 3. The van der Waals surface area contributed by atoms with E-state index < -0.39 is 0 Å². The van der Waals surface area contributed by atoms with Gasteiger partial charge in [-0.2, -0.15) is 0 Å². The molecule has 0 radical (unpaired) electrons. The number of benzene rings is 2. The summed E-state index contributed by atoms with van der Waals surface area (Å²) in [5.74, 6) is 0.491. The number of fused-ring (bicyclic) bond motifs is 1. The Labute approximate surface area is 144 Å². The van der Waals surface area contributed by atoms with Crippen LogP contribution < -0.4 is 5.56 Å². The molecular weight excluding hydrogens is 328 g/mol. The van der Waals surface area contributed by atoms with Crippen LogP contribution in [0, 0.1) is 4.77 Å². The van der Waals surface area contributed by atoms with Crippen LogP contribution in [0.3, 0.4) is 0 Å². The van der Waals surface area contributed by atoms with Crippen LogP contribution in [0.25, 0.3) is 16.6 Å². The molecular formula is C18H17ClN2OS. The molecule has 1 N–H and O–H groups in total. The largest absolute Gasteiger partial charge is 0.331 e. The topological polar surface area (TPSA) is 37.8 Å². The Balaban J connectivity index is 2.20. The maximum atomic E-state index is 12.8. The number of nitrogens with zero attached hydrogens (tertiary/aromatic N) is 1. The lowest BCUT2D eigenvalue weighted by atomic mass is 9.98. The van der Waals surface area contributed by atoms with E-state index in [9.17, 15) is 4.79 Å². The van der Waals surface area contributed by atoms with Gasteiger partial charge in [0.1, 0.15) is 0 Å². The van der Waals surface area contributed by atoms with E-state index in [-0.39, 0.29) is 5.56 Å². The molecule has 0 aliphatic rings. The third-order valence-corrected chi connectivity index (χ3v) is 4.71. The zero-order valence-electron chi connectivity index (χ0n) is 13.0. The van der Waals surface area contributed by atoms with E-state index in [4.69, 9.17) is 23.8 Å². The van der Waals surface area contributed by atoms with Crippen molar-refractivity contribution in [1.29, 1.82) is 0 Å². The first-order chi connectivity index (χ1) is 11.0. The number of hydrogen-bond acceptors (Lipinski definition) is 2. The van der Waals surface area contributed by atoms with Gasteiger partial charge in [0.25, 0.3) is 5.56 Å². The minimum absolute atomic E-state index is 0.164. The average Bonchev–Trinajstić information content (AvgIpc) is 2.55. The van der Waals surface area contributed by atoms with Gasteiger partial charge in [-0.05, 0) is 60.5 Å². The highest BCUT2D eigenvalue weighted by molar-refractivity contribution is 7.71. The molecule has 0 saturated carbocycles. The predicted octanol–water partition coefficient (Wildman–Crippen LogP) is 5.22. The second-order valence-corrected chi connectivity index (χ2v) is 6.48. The van der Waals surface area contributed by atoms with Crippen molar-refractivity contribution in [2.45, 2.75) is 26.2 Å². The summed E-state index contributed by atoms with van der Waals surface area (Å²) in [6, 6.07) is 13.1. The van der Waals surface area contributed by atoms with E-state index in [0.29, 0.717) is 26.6 Å². The van der Waals surface area contributed by atoms with Gasteiger partial charge in [0.15, 0.2) is 4.77 Å². The standard InChI is InChI=1S/C18H17ClN2OS/c1-3-11(2)12-4-7-14(8-5-12)21-17(22)15-10-13(19)6-9-16(15)20-18(21)23/h4-11H,3H2,1-2H3,(H,20,23)/t11-/m1/s1. The average molecular weight is 345 g/mol. The minimum atomic E-state index is -0.164. The molecule has 0 fully saturated rings. The van der Waals surface area contributed by atoms with Crippen molar-refractivity contribution in [2.24, 2.45) is 0 Å². The van der Waals surface area contributed by atoms with Crippen molar-refractivity contribution in [3.8, 4) is 5.69 Å². The molecule has 0 aliphatic heterocycles. The Kier molecular flexibility index (Phi) is 4.37. The minimum Gasteiger partial charge on any atom is -0.331 e. The summed E-state index contributed by atoms with van der Waals surface area (Å²) in [4.78, 5) is 15.9. The van der Waals surface area contributed by atoms with Crippen molar-refractivity contribution in [1.82, 2.24) is 9.55 Å². The van der Waals surface area contributed by atoms with Crippen molar-refractivity contribution in [2.75, 3.05) is 0 Å². The Hall–Kier alpha value is -1.91. The highest BCUT2D eigenvalue weighted by Gasteiger charge is 2.09. The molecule has 1 aromatic heterocycles. The number of hydrogen-bond donors (Lipinski definition) is 1. The fourth-order valence-electron chi connectivity index (χ4n) is 2.61. The molecule has 0 spiro atoms. The Morgan fingerprint density at radius 2 is 1.91 bits per heavy atom. The third kappa shape index (κ3) is 2.96. The van der Waals surface area contributed by atoms with Crippen molar-refractivity contribution < 1.29 is 0 Å². The molecule has 0 saturated heterocycles. The Bertz CT molecular complexity index is 973. The molecule has 1 heterocycles. The molecule has 0 amide bonds. The molecule has 3 aromatic rings. The summed E-state index contributed by atoms with van der Waals surface area (Å²) < 4.78 is 1.88. The summed E-state index contributed by atoms with van der Waals surface area (Å²) in [6.45, 7) is 4.35. The normalized spacial score (nSPS) is 12.5. The lowest BCUT2D eigenvalue weighted by molar-refractivity contribution is 0.733. The second kappa shape index (κ2) is 6.30. The fraction of sp³-hybridized carbons (Fsp3) is 0.222. The van der Waals surface area contributed by atoms with Crippen molar-refractivity contribution in [3.63, 3.8) is 0 Å². The Morgan fingerprint density at radius 1 is 1.22 bits per heavy atom. The quantitative estimate of drug-likeness (QED) is 0.662. The number of aromatic amines is 1. The first kappa shape index (κ1) is 16.0. The summed E-state index contributed by atoms with van der Waals surface area (Å²) in [5, 5.41) is 1.05. The van der Waals surface area contributed by atoms with Gasteiger partial charge in [-0.1, -0.05) is 37.6 Å². The molecule has 3 rings (SSSR count). The van der Waals surface area contributed by atoms with Gasteiger partial charge < -0.3 is 4.98 Å². The van der Waals surface area contributed by atoms with Gasteiger partial charge in [0, 0.05) is 5.02 Å². The van der Waals surface area contributed by atoms with E-state index in [1.54, 1.807) is 18.2 Å². The van der Waals surface area contributed by atoms with Crippen LogP contribution in [0.15, 0.2) is 47.3 Å². The maximum absolute atomic E-state index is 12.8. The molecule has 1 atom stereocenters. The van der Waals surface area contributed by atoms with Crippen LogP contribution in [0.1, 0.15) is 31.7 Å². The van der Waals surface area contributed by atoms with Gasteiger partial charge in [-0.15, -0.1) is 0 Å². The number of aromatic nitrogens is 2. The van der Waals surface area contributed by atoms with Gasteiger partial charge >= 0.3 is 0 Å². The molecule has 118 valence electrons. The smallest absolute Gasteiger partial charge is 0.266 e. The molecule has 2 aromatic carbocycles. The van der Waals surface area contributed by atoms with Crippen molar-refractivity contribution in [3.05, 3.63) is 68.2 Å². The zero-order valence-corrected chi connectivity index (χ0v) is 14.5. The molecule has 3 nitrogen and oxygen atoms in total. The van der Waals surface area contributed by atoms with Gasteiger partial charge in [0.05, 0.1) is 16.6 Å². The number of halogens is 1. The van der Waals surface area contributed by atoms with Crippen LogP contribution in [0.2, 0.25) is 5.02 Å². The summed E-state index contributed by atoms with van der Waals surface area (Å²) >= 11 is 11.4. The van der Waals surface area contributed by atoms with Gasteiger partial charge in [-0.3, -0.25) is 9.36 Å². The van der Waals surface area contributed by atoms with Crippen LogP contribution in [0.5, 0.6) is 0 Å². The lowest BCUT2D eigenvalue weighted by Crippen LogP contribution is -2.20. The van der Waals surface area contributed by atoms with Crippen LogP contribution in [-0.4, -0.2) is 9.55 Å². The SMILES string of the molecule is CC[C@@H](C)c1ccc(-n2c(=S)[nH]c3ccc(Cl)cc3c2=O)cc1. The number of nitrogens with one attached hydrogen (secondary N) is 1. The monoisotopic (exact) mass is 344 g/mol. The van der Waals surface area contributed by atoms with Crippen LogP contribution in [0.4, 0.5) is 0 Å². The highest BCUT2D eigenvalue weighted by Crippen LogP contribution is 2.20.